The molecule has 1 N–H and O–H groups in total. The molecule has 2 aromatic rings. The van der Waals surface area contributed by atoms with Gasteiger partial charge in [-0.3, -0.25) is 0 Å². The Kier molecular flexibility index (Phi) is 4.21. The molecule has 3 rings (SSSR count). The maximum absolute atomic E-state index is 5.83. The summed E-state index contributed by atoms with van der Waals surface area (Å²) in [7, 11) is 0. The highest BCUT2D eigenvalue weighted by atomic mass is 79.9. The number of hydrogen-bond acceptors (Lipinski definition) is 3. The highest BCUT2D eigenvalue weighted by molar-refractivity contribution is 9.10. The van der Waals surface area contributed by atoms with Gasteiger partial charge in [0.05, 0.1) is 0 Å². The zero-order valence-electron chi connectivity index (χ0n) is 10.6. The second kappa shape index (κ2) is 6.07. The monoisotopic (exact) mass is 337 g/mol. The fourth-order valence-corrected chi connectivity index (χ4v) is 2.87. The first-order valence-electron chi connectivity index (χ1n) is 6.48. The minimum absolute atomic E-state index is 0.648. The maximum Gasteiger partial charge on any atom is 0.122 e. The maximum atomic E-state index is 5.83. The van der Waals surface area contributed by atoms with Gasteiger partial charge in [0, 0.05) is 21.9 Å². The molecule has 1 saturated carbocycles. The molecule has 4 heteroatoms. The molecule has 0 saturated heterocycles. The number of rotatable bonds is 6. The molecule has 19 heavy (non-hydrogen) atoms. The van der Waals surface area contributed by atoms with Gasteiger partial charge in [-0.2, -0.15) is 0 Å². The highest BCUT2D eigenvalue weighted by Gasteiger charge is 2.20. The number of hydrogen-bond donors (Lipinski definition) is 1. The molecule has 1 heterocycles. The van der Waals surface area contributed by atoms with Crippen LogP contribution in [0.3, 0.4) is 0 Å². The average molecular weight is 338 g/mol. The number of thiophene rings is 1. The summed E-state index contributed by atoms with van der Waals surface area (Å²) in [5.74, 6) is 0.934. The normalized spacial score (nSPS) is 14.6. The van der Waals surface area contributed by atoms with E-state index in [0.29, 0.717) is 6.61 Å². The van der Waals surface area contributed by atoms with Gasteiger partial charge in [0.2, 0.25) is 0 Å². The number of nitrogens with one attached hydrogen (secondary N) is 1. The zero-order valence-corrected chi connectivity index (χ0v) is 13.0. The minimum atomic E-state index is 0.648. The van der Waals surface area contributed by atoms with Gasteiger partial charge < -0.3 is 10.1 Å². The third-order valence-corrected chi connectivity index (χ3v) is 4.76. The summed E-state index contributed by atoms with van der Waals surface area (Å²) in [6.07, 6.45) is 2.62. The van der Waals surface area contributed by atoms with Crippen LogP contribution in [0, 0.1) is 0 Å². The molecule has 1 aliphatic carbocycles. The van der Waals surface area contributed by atoms with E-state index in [4.69, 9.17) is 4.74 Å². The second-order valence-corrected chi connectivity index (χ2v) is 6.66. The van der Waals surface area contributed by atoms with Crippen LogP contribution in [0.5, 0.6) is 5.75 Å². The van der Waals surface area contributed by atoms with E-state index >= 15 is 0 Å². The van der Waals surface area contributed by atoms with E-state index in [-0.39, 0.29) is 0 Å². The number of halogens is 1. The topological polar surface area (TPSA) is 21.3 Å². The molecule has 0 aliphatic heterocycles. The van der Waals surface area contributed by atoms with Gasteiger partial charge in [-0.15, -0.1) is 11.3 Å². The number of ether oxygens (including phenoxy) is 1. The van der Waals surface area contributed by atoms with Crippen LogP contribution in [0.15, 0.2) is 40.2 Å². The van der Waals surface area contributed by atoms with E-state index in [1.165, 1.54) is 23.3 Å². The lowest BCUT2D eigenvalue weighted by Crippen LogP contribution is -2.15. The summed E-state index contributed by atoms with van der Waals surface area (Å²) in [6.45, 7) is 1.55. The van der Waals surface area contributed by atoms with Crippen LogP contribution in [-0.4, -0.2) is 6.04 Å². The van der Waals surface area contributed by atoms with Gasteiger partial charge in [-0.05, 0) is 48.1 Å². The molecule has 1 fully saturated rings. The third-order valence-electron chi connectivity index (χ3n) is 3.14. The van der Waals surface area contributed by atoms with Crippen LogP contribution in [-0.2, 0) is 13.2 Å². The molecule has 0 bridgehead atoms. The van der Waals surface area contributed by atoms with Gasteiger partial charge in [0.15, 0.2) is 0 Å². The standard InChI is InChI=1S/C15H16BrNOS/c16-15-6-5-13(18-10-14-2-1-7-19-14)8-11(15)9-17-12-3-4-12/h1-2,5-8,12,17H,3-4,9-10H2. The first kappa shape index (κ1) is 13.2. The van der Waals surface area contributed by atoms with E-state index in [2.05, 4.69) is 50.9 Å². The largest absolute Gasteiger partial charge is 0.488 e. The predicted molar refractivity (Wildman–Crippen MR) is 82.7 cm³/mol. The fraction of sp³-hybridized carbons (Fsp3) is 0.333. The predicted octanol–water partition coefficient (Wildman–Crippen LogP) is 4.34. The van der Waals surface area contributed by atoms with Crippen molar-refractivity contribution in [3.63, 3.8) is 0 Å². The van der Waals surface area contributed by atoms with Crippen molar-refractivity contribution in [1.29, 1.82) is 0 Å². The summed E-state index contributed by atoms with van der Waals surface area (Å²) >= 11 is 5.32. The number of benzene rings is 1. The van der Waals surface area contributed by atoms with Crippen molar-refractivity contribution in [2.45, 2.75) is 32.0 Å². The summed E-state index contributed by atoms with van der Waals surface area (Å²) < 4.78 is 6.97. The molecule has 1 aromatic carbocycles. The van der Waals surface area contributed by atoms with Gasteiger partial charge in [-0.25, -0.2) is 0 Å². The minimum Gasteiger partial charge on any atom is -0.488 e. The molecule has 0 atom stereocenters. The van der Waals surface area contributed by atoms with Crippen molar-refractivity contribution in [3.8, 4) is 5.75 Å². The van der Waals surface area contributed by atoms with E-state index in [1.54, 1.807) is 11.3 Å². The van der Waals surface area contributed by atoms with Crippen molar-refractivity contribution in [1.82, 2.24) is 5.32 Å². The Morgan fingerprint density at radius 1 is 1.32 bits per heavy atom. The molecule has 1 aliphatic rings. The lowest BCUT2D eigenvalue weighted by Gasteiger charge is -2.10. The van der Waals surface area contributed by atoms with Gasteiger partial charge in [0.1, 0.15) is 12.4 Å². The Morgan fingerprint density at radius 3 is 2.95 bits per heavy atom. The van der Waals surface area contributed by atoms with Gasteiger partial charge in [0.25, 0.3) is 0 Å². The Hall–Kier alpha value is -0.840. The summed E-state index contributed by atoms with van der Waals surface area (Å²) in [5.41, 5.74) is 1.26. The van der Waals surface area contributed by atoms with Gasteiger partial charge >= 0.3 is 0 Å². The zero-order chi connectivity index (χ0) is 13.1. The van der Waals surface area contributed by atoms with Crippen LogP contribution < -0.4 is 10.1 Å². The molecule has 1 aromatic heterocycles. The summed E-state index contributed by atoms with van der Waals surface area (Å²) in [4.78, 5) is 1.25. The summed E-state index contributed by atoms with van der Waals surface area (Å²) in [6, 6.07) is 11.1. The van der Waals surface area contributed by atoms with E-state index in [1.807, 2.05) is 6.07 Å². The molecule has 0 spiro atoms. The van der Waals surface area contributed by atoms with Crippen LogP contribution in [0.4, 0.5) is 0 Å². The quantitative estimate of drug-likeness (QED) is 0.846. The highest BCUT2D eigenvalue weighted by Crippen LogP contribution is 2.25. The fourth-order valence-electron chi connectivity index (χ4n) is 1.87. The second-order valence-electron chi connectivity index (χ2n) is 4.78. The van der Waals surface area contributed by atoms with Crippen LogP contribution in [0.1, 0.15) is 23.3 Å². The first-order chi connectivity index (χ1) is 9.31. The van der Waals surface area contributed by atoms with Crippen LogP contribution >= 0.6 is 27.3 Å². The molecular formula is C15H16BrNOS. The smallest absolute Gasteiger partial charge is 0.122 e. The average Bonchev–Trinajstić information content (AvgIpc) is 3.10. The van der Waals surface area contributed by atoms with E-state index < -0.39 is 0 Å². The Labute approximate surface area is 125 Å². The van der Waals surface area contributed by atoms with Crippen molar-refractivity contribution in [2.75, 3.05) is 0 Å². The van der Waals surface area contributed by atoms with Gasteiger partial charge in [-0.1, -0.05) is 22.0 Å². The third kappa shape index (κ3) is 3.81. The lowest BCUT2D eigenvalue weighted by molar-refractivity contribution is 0.309. The molecular weight excluding hydrogens is 322 g/mol. The Balaban J connectivity index is 1.62. The molecule has 2 nitrogen and oxygen atoms in total. The van der Waals surface area contributed by atoms with Crippen molar-refractivity contribution in [3.05, 3.63) is 50.6 Å². The molecule has 0 unspecified atom stereocenters. The molecule has 0 amide bonds. The van der Waals surface area contributed by atoms with Crippen molar-refractivity contribution in [2.24, 2.45) is 0 Å². The Morgan fingerprint density at radius 2 is 2.21 bits per heavy atom. The Bertz CT molecular complexity index is 537. The van der Waals surface area contributed by atoms with E-state index in [0.717, 1.165) is 22.8 Å². The van der Waals surface area contributed by atoms with Crippen LogP contribution in [0.2, 0.25) is 0 Å². The summed E-state index contributed by atoms with van der Waals surface area (Å²) in [5, 5.41) is 5.60. The lowest BCUT2D eigenvalue weighted by atomic mass is 10.2. The van der Waals surface area contributed by atoms with Crippen molar-refractivity contribution >= 4 is 27.3 Å². The van der Waals surface area contributed by atoms with Crippen LogP contribution in [0.25, 0.3) is 0 Å². The molecule has 0 radical (unpaired) electrons. The molecule has 100 valence electrons. The first-order valence-corrected chi connectivity index (χ1v) is 8.15. The van der Waals surface area contributed by atoms with E-state index in [9.17, 15) is 0 Å². The van der Waals surface area contributed by atoms with Crippen molar-refractivity contribution < 1.29 is 4.74 Å². The SMILES string of the molecule is Brc1ccc(OCc2cccs2)cc1CNC1CC1.